The molecule has 0 bridgehead atoms. The van der Waals surface area contributed by atoms with Crippen molar-refractivity contribution in [3.63, 3.8) is 0 Å². The number of aliphatic hydroxyl groups excluding tert-OH is 3. The average Bonchev–Trinajstić information content (AvgIpc) is 3.03. The molecule has 1 aliphatic rings. The third-order valence-corrected chi connectivity index (χ3v) is 4.28. The van der Waals surface area contributed by atoms with Gasteiger partial charge in [0.2, 0.25) is 11.2 Å². The second-order valence-electron chi connectivity index (χ2n) is 5.22. The molecule has 124 valence electrons. The molecule has 11 heteroatoms. The molecule has 1 fully saturated rings. The first-order chi connectivity index (χ1) is 10.9. The van der Waals surface area contributed by atoms with E-state index in [1.165, 1.54) is 10.9 Å². The quantitative estimate of drug-likeness (QED) is 0.418. The largest absolute Gasteiger partial charge is 0.388 e. The van der Waals surface area contributed by atoms with Crippen LogP contribution in [0.15, 0.2) is 6.33 Å². The number of imidazole rings is 1. The highest BCUT2D eigenvalue weighted by Crippen LogP contribution is 2.34. The number of halogens is 2. The minimum absolute atomic E-state index is 0.0672. The van der Waals surface area contributed by atoms with Crippen LogP contribution in [-0.2, 0) is 4.79 Å². The summed E-state index contributed by atoms with van der Waals surface area (Å²) in [5.41, 5.74) is 0.640. The number of hydrogen-bond donors (Lipinski definition) is 4. The van der Waals surface area contributed by atoms with Crippen LogP contribution >= 0.6 is 23.2 Å². The highest BCUT2D eigenvalue weighted by atomic mass is 35.5. The van der Waals surface area contributed by atoms with Crippen molar-refractivity contribution in [2.24, 2.45) is 0 Å². The van der Waals surface area contributed by atoms with E-state index in [2.05, 4.69) is 20.3 Å². The number of aromatic nitrogens is 4. The Balaban J connectivity index is 1.94. The zero-order valence-electron chi connectivity index (χ0n) is 11.6. The van der Waals surface area contributed by atoms with Gasteiger partial charge in [0, 0.05) is 0 Å². The molecule has 23 heavy (non-hydrogen) atoms. The van der Waals surface area contributed by atoms with Crippen molar-refractivity contribution in [1.82, 2.24) is 24.8 Å². The molecule has 2 aromatic heterocycles. The van der Waals surface area contributed by atoms with Crippen LogP contribution in [0.2, 0.25) is 10.4 Å². The zero-order chi connectivity index (χ0) is 16.7. The van der Waals surface area contributed by atoms with Crippen LogP contribution in [0.25, 0.3) is 11.2 Å². The summed E-state index contributed by atoms with van der Waals surface area (Å²) >= 11 is 11.8. The van der Waals surface area contributed by atoms with Crippen molar-refractivity contribution in [1.29, 1.82) is 0 Å². The van der Waals surface area contributed by atoms with E-state index in [9.17, 15) is 15.0 Å². The average molecular weight is 362 g/mol. The first kappa shape index (κ1) is 16.3. The van der Waals surface area contributed by atoms with E-state index in [0.29, 0.717) is 11.2 Å². The summed E-state index contributed by atoms with van der Waals surface area (Å²) in [6.45, 7) is -0.698. The fourth-order valence-electron chi connectivity index (χ4n) is 2.78. The third kappa shape index (κ3) is 2.86. The maximum atomic E-state index is 11.3. The molecule has 0 radical (unpaired) electrons. The topological polar surface area (TPSA) is 133 Å². The van der Waals surface area contributed by atoms with Crippen molar-refractivity contribution < 1.29 is 20.1 Å². The van der Waals surface area contributed by atoms with Gasteiger partial charge in [-0.2, -0.15) is 4.98 Å². The van der Waals surface area contributed by atoms with Gasteiger partial charge in [-0.25, -0.2) is 9.97 Å². The van der Waals surface area contributed by atoms with Crippen LogP contribution in [0.4, 0.5) is 0 Å². The van der Waals surface area contributed by atoms with Gasteiger partial charge < -0.3 is 25.2 Å². The van der Waals surface area contributed by atoms with Gasteiger partial charge in [0.1, 0.15) is 24.3 Å². The number of rotatable bonds is 3. The van der Waals surface area contributed by atoms with Crippen molar-refractivity contribution in [3.8, 4) is 0 Å². The Morgan fingerprint density at radius 2 is 2.09 bits per heavy atom. The van der Waals surface area contributed by atoms with Crippen molar-refractivity contribution >= 4 is 40.3 Å². The molecule has 0 saturated heterocycles. The molecule has 4 atom stereocenters. The van der Waals surface area contributed by atoms with Crippen molar-refractivity contribution in [3.05, 3.63) is 16.8 Å². The van der Waals surface area contributed by atoms with Crippen LogP contribution in [0.5, 0.6) is 0 Å². The molecule has 0 aromatic carbocycles. The normalized spacial score (nSPS) is 27.5. The van der Waals surface area contributed by atoms with Gasteiger partial charge in [-0.3, -0.25) is 4.79 Å². The summed E-state index contributed by atoms with van der Waals surface area (Å²) < 4.78 is 1.54. The molecule has 2 aromatic rings. The van der Waals surface area contributed by atoms with E-state index in [1.54, 1.807) is 0 Å². The molecule has 0 unspecified atom stereocenters. The highest BCUT2D eigenvalue weighted by Gasteiger charge is 2.43. The van der Waals surface area contributed by atoms with Crippen LogP contribution in [0, 0.1) is 0 Å². The number of aliphatic hydroxyl groups is 3. The van der Waals surface area contributed by atoms with Gasteiger partial charge in [-0.05, 0) is 18.0 Å². The van der Waals surface area contributed by atoms with Gasteiger partial charge in [0.25, 0.3) is 0 Å². The van der Waals surface area contributed by atoms with Crippen molar-refractivity contribution in [2.75, 3.05) is 6.61 Å². The molecule has 1 aliphatic carbocycles. The van der Waals surface area contributed by atoms with Crippen molar-refractivity contribution in [2.45, 2.75) is 30.7 Å². The predicted molar refractivity (Wildman–Crippen MR) is 80.0 cm³/mol. The Morgan fingerprint density at radius 3 is 2.78 bits per heavy atom. The van der Waals surface area contributed by atoms with E-state index >= 15 is 0 Å². The summed E-state index contributed by atoms with van der Waals surface area (Å²) in [6.07, 6.45) is -0.721. The maximum Gasteiger partial charge on any atom is 0.246 e. The fourth-order valence-corrected chi connectivity index (χ4v) is 3.20. The second-order valence-corrected chi connectivity index (χ2v) is 5.92. The van der Waals surface area contributed by atoms with E-state index < -0.39 is 36.8 Å². The third-order valence-electron chi connectivity index (χ3n) is 3.85. The van der Waals surface area contributed by atoms with Gasteiger partial charge in [-0.1, -0.05) is 11.6 Å². The van der Waals surface area contributed by atoms with Crippen LogP contribution in [0.1, 0.15) is 12.5 Å². The monoisotopic (exact) mass is 361 g/mol. The van der Waals surface area contributed by atoms with Crippen LogP contribution in [-0.4, -0.2) is 65.6 Å². The Labute approximate surface area is 139 Å². The van der Waals surface area contributed by atoms with E-state index in [0.717, 1.165) is 0 Å². The number of carbonyl (C=O) groups excluding carboxylic acids is 1. The molecule has 1 amide bonds. The Bertz CT molecular complexity index is 754. The molecule has 1 saturated carbocycles. The van der Waals surface area contributed by atoms with Gasteiger partial charge in [0.05, 0.1) is 18.4 Å². The second kappa shape index (κ2) is 6.17. The molecule has 4 N–H and O–H groups in total. The number of nitrogens with zero attached hydrogens (tertiary/aromatic N) is 4. The molecular formula is C12H13Cl2N5O4. The Kier molecular flexibility index (Phi) is 4.39. The fraction of sp³-hybridized carbons (Fsp3) is 0.500. The standard InChI is InChI=1S/C12H13Cl2N5O4/c13-10-7-11(18-12(14)17-10)19(3-15-7)5-1-4(8(22)9(5)23)16-6(21)2-20/h3-5,8-9,20,22-23H,1-2H2,(H,16,21)/t4-,5+,8+,9-/m0/s1. The highest BCUT2D eigenvalue weighted by molar-refractivity contribution is 6.35. The van der Waals surface area contributed by atoms with Gasteiger partial charge >= 0.3 is 0 Å². The number of amides is 1. The van der Waals surface area contributed by atoms with Crippen LogP contribution in [0.3, 0.4) is 0 Å². The lowest BCUT2D eigenvalue weighted by Gasteiger charge is -2.18. The van der Waals surface area contributed by atoms with Gasteiger partial charge in [-0.15, -0.1) is 0 Å². The lowest BCUT2D eigenvalue weighted by Crippen LogP contribution is -2.44. The molecule has 0 aliphatic heterocycles. The summed E-state index contributed by atoms with van der Waals surface area (Å²) in [6, 6.07) is -1.30. The number of nitrogens with one attached hydrogen (secondary N) is 1. The SMILES string of the molecule is O=C(CO)N[C@H]1C[C@@H](n2cnc3c(Cl)nc(Cl)nc32)[C@H](O)[C@@H]1O. The first-order valence-corrected chi connectivity index (χ1v) is 7.50. The smallest absolute Gasteiger partial charge is 0.246 e. The summed E-state index contributed by atoms with van der Waals surface area (Å²) in [7, 11) is 0. The molecular weight excluding hydrogens is 349 g/mol. The van der Waals surface area contributed by atoms with Gasteiger partial charge in [0.15, 0.2) is 10.8 Å². The lowest BCUT2D eigenvalue weighted by molar-refractivity contribution is -0.125. The summed E-state index contributed by atoms with van der Waals surface area (Å²) in [5.74, 6) is -0.634. The number of carbonyl (C=O) groups is 1. The lowest BCUT2D eigenvalue weighted by atomic mass is 10.2. The first-order valence-electron chi connectivity index (χ1n) is 6.74. The minimum Gasteiger partial charge on any atom is -0.388 e. The van der Waals surface area contributed by atoms with E-state index in [4.69, 9.17) is 28.3 Å². The Morgan fingerprint density at radius 1 is 1.35 bits per heavy atom. The van der Waals surface area contributed by atoms with E-state index in [1.807, 2.05) is 0 Å². The zero-order valence-corrected chi connectivity index (χ0v) is 13.1. The molecule has 3 rings (SSSR count). The minimum atomic E-state index is -1.19. The molecule has 9 nitrogen and oxygen atoms in total. The van der Waals surface area contributed by atoms with E-state index in [-0.39, 0.29) is 16.9 Å². The number of fused-ring (bicyclic) bond motifs is 1. The van der Waals surface area contributed by atoms with Crippen LogP contribution < -0.4 is 5.32 Å². The summed E-state index contributed by atoms with van der Waals surface area (Å²) in [4.78, 5) is 23.2. The molecule has 2 heterocycles. The summed E-state index contributed by atoms with van der Waals surface area (Å²) in [5, 5.41) is 31.6. The predicted octanol–water partition coefficient (Wildman–Crippen LogP) is -0.723. The number of hydrogen-bond acceptors (Lipinski definition) is 7. The molecule has 0 spiro atoms. The maximum absolute atomic E-state index is 11.3. The Hall–Kier alpha value is -1.52.